The molecule has 1 aromatic rings. The highest BCUT2D eigenvalue weighted by molar-refractivity contribution is 7.05. The Morgan fingerprint density at radius 3 is 3.07 bits per heavy atom. The largest absolute Gasteiger partial charge is 0.325 e. The van der Waals surface area contributed by atoms with Crippen molar-refractivity contribution in [2.45, 2.75) is 37.6 Å². The van der Waals surface area contributed by atoms with Gasteiger partial charge in [0, 0.05) is 16.8 Å². The van der Waals surface area contributed by atoms with Crippen LogP contribution in [0.1, 0.15) is 30.6 Å². The summed E-state index contributed by atoms with van der Waals surface area (Å²) in [6.07, 6.45) is 8.19. The number of rotatable bonds is 2. The predicted molar refractivity (Wildman–Crippen MR) is 56.0 cm³/mol. The zero-order valence-electron chi connectivity index (χ0n) is 8.15. The minimum Gasteiger partial charge on any atom is -0.325 e. The Labute approximate surface area is 87.9 Å². The van der Waals surface area contributed by atoms with Gasteiger partial charge in [-0.1, -0.05) is 10.9 Å². The van der Waals surface area contributed by atoms with Crippen LogP contribution in [0.2, 0.25) is 0 Å². The maximum atomic E-state index is 6.49. The molecule has 3 rings (SSSR count). The molecule has 0 spiro atoms. The summed E-state index contributed by atoms with van der Waals surface area (Å²) >= 11 is 1.49. The SMILES string of the molecule is NC1(Cc2cnns2)CC2CCC1C2. The Kier molecular flexibility index (Phi) is 1.89. The number of nitrogens with two attached hydrogens (primary N) is 1. The molecule has 0 amide bonds. The number of hydrogen-bond donors (Lipinski definition) is 1. The molecule has 76 valence electrons. The van der Waals surface area contributed by atoms with Crippen molar-refractivity contribution < 1.29 is 0 Å². The van der Waals surface area contributed by atoms with Crippen LogP contribution in [0.15, 0.2) is 6.20 Å². The van der Waals surface area contributed by atoms with Crippen molar-refractivity contribution in [3.63, 3.8) is 0 Å². The highest BCUT2D eigenvalue weighted by Crippen LogP contribution is 2.50. The third-order valence-electron chi connectivity index (χ3n) is 3.93. The van der Waals surface area contributed by atoms with Crippen LogP contribution in [0, 0.1) is 11.8 Å². The van der Waals surface area contributed by atoms with Crippen LogP contribution in [-0.4, -0.2) is 15.1 Å². The fourth-order valence-electron chi connectivity index (χ4n) is 3.29. The van der Waals surface area contributed by atoms with Gasteiger partial charge in [-0.15, -0.1) is 5.10 Å². The van der Waals surface area contributed by atoms with Crippen molar-refractivity contribution in [3.8, 4) is 0 Å². The smallest absolute Gasteiger partial charge is 0.0653 e. The minimum atomic E-state index is 0.0666. The fourth-order valence-corrected chi connectivity index (χ4v) is 3.92. The van der Waals surface area contributed by atoms with E-state index in [1.807, 2.05) is 6.20 Å². The third-order valence-corrected chi connectivity index (χ3v) is 4.59. The molecule has 2 aliphatic carbocycles. The third kappa shape index (κ3) is 1.28. The van der Waals surface area contributed by atoms with E-state index in [0.29, 0.717) is 0 Å². The van der Waals surface area contributed by atoms with Crippen LogP contribution in [0.5, 0.6) is 0 Å². The van der Waals surface area contributed by atoms with Gasteiger partial charge in [-0.2, -0.15) is 0 Å². The van der Waals surface area contributed by atoms with Crippen LogP contribution in [0.25, 0.3) is 0 Å². The Balaban J connectivity index is 1.78. The topological polar surface area (TPSA) is 51.8 Å². The van der Waals surface area contributed by atoms with E-state index in [1.54, 1.807) is 0 Å². The summed E-state index contributed by atoms with van der Waals surface area (Å²) in [5.41, 5.74) is 6.55. The molecule has 0 aliphatic heterocycles. The first-order chi connectivity index (χ1) is 6.76. The van der Waals surface area contributed by atoms with E-state index in [-0.39, 0.29) is 5.54 Å². The minimum absolute atomic E-state index is 0.0666. The molecular weight excluding hydrogens is 194 g/mol. The summed E-state index contributed by atoms with van der Waals surface area (Å²) in [5, 5.41) is 3.87. The van der Waals surface area contributed by atoms with E-state index < -0.39 is 0 Å². The first-order valence-corrected chi connectivity index (χ1v) is 6.09. The van der Waals surface area contributed by atoms with E-state index in [0.717, 1.165) is 18.3 Å². The molecule has 0 saturated heterocycles. The van der Waals surface area contributed by atoms with Gasteiger partial charge in [0.25, 0.3) is 0 Å². The van der Waals surface area contributed by atoms with Crippen LogP contribution in [0.4, 0.5) is 0 Å². The standard InChI is InChI=1S/C10H15N3S/c11-10(5-9-6-12-13-14-9)4-7-1-2-8(10)3-7/h6-8H,1-5,11H2. The van der Waals surface area contributed by atoms with Crippen LogP contribution >= 0.6 is 11.5 Å². The molecule has 2 aliphatic rings. The lowest BCUT2D eigenvalue weighted by molar-refractivity contribution is 0.271. The van der Waals surface area contributed by atoms with Crippen LogP contribution < -0.4 is 5.73 Å². The fraction of sp³-hybridized carbons (Fsp3) is 0.800. The second-order valence-electron chi connectivity index (χ2n) is 4.87. The van der Waals surface area contributed by atoms with Gasteiger partial charge < -0.3 is 5.73 Å². The molecule has 2 saturated carbocycles. The van der Waals surface area contributed by atoms with Gasteiger partial charge in [0.2, 0.25) is 0 Å². The van der Waals surface area contributed by atoms with Crippen LogP contribution in [-0.2, 0) is 6.42 Å². The maximum absolute atomic E-state index is 6.49. The molecule has 0 aromatic carbocycles. The van der Waals surface area contributed by atoms with Crippen molar-refractivity contribution in [3.05, 3.63) is 11.1 Å². The molecular formula is C10H15N3S. The van der Waals surface area contributed by atoms with E-state index in [9.17, 15) is 0 Å². The lowest BCUT2D eigenvalue weighted by atomic mass is 9.79. The average Bonchev–Trinajstić information content (AvgIpc) is 2.78. The summed E-state index contributed by atoms with van der Waals surface area (Å²) in [7, 11) is 0. The molecule has 3 nitrogen and oxygen atoms in total. The average molecular weight is 209 g/mol. The Bertz CT molecular complexity index is 324. The number of fused-ring (bicyclic) bond motifs is 2. The van der Waals surface area contributed by atoms with E-state index >= 15 is 0 Å². The van der Waals surface area contributed by atoms with Gasteiger partial charge >= 0.3 is 0 Å². The lowest BCUT2D eigenvalue weighted by Gasteiger charge is -2.33. The summed E-state index contributed by atoms with van der Waals surface area (Å²) in [6, 6.07) is 0. The predicted octanol–water partition coefficient (Wildman–Crippen LogP) is 1.60. The van der Waals surface area contributed by atoms with Crippen molar-refractivity contribution >= 4 is 11.5 Å². The van der Waals surface area contributed by atoms with E-state index in [2.05, 4.69) is 9.59 Å². The van der Waals surface area contributed by atoms with Crippen molar-refractivity contribution in [2.75, 3.05) is 0 Å². The summed E-state index contributed by atoms with van der Waals surface area (Å²) < 4.78 is 3.89. The van der Waals surface area contributed by atoms with E-state index in [1.165, 1.54) is 42.1 Å². The summed E-state index contributed by atoms with van der Waals surface area (Å²) in [4.78, 5) is 1.25. The van der Waals surface area contributed by atoms with Gasteiger partial charge in [0.05, 0.1) is 6.20 Å². The molecule has 4 heteroatoms. The molecule has 3 atom stereocenters. The molecule has 2 bridgehead atoms. The lowest BCUT2D eigenvalue weighted by Crippen LogP contribution is -2.46. The molecule has 3 unspecified atom stereocenters. The maximum Gasteiger partial charge on any atom is 0.0653 e. The second-order valence-corrected chi connectivity index (χ2v) is 5.74. The molecule has 14 heavy (non-hydrogen) atoms. The van der Waals surface area contributed by atoms with Crippen molar-refractivity contribution in [2.24, 2.45) is 17.6 Å². The first kappa shape index (κ1) is 8.80. The number of hydrogen-bond acceptors (Lipinski definition) is 4. The highest BCUT2D eigenvalue weighted by atomic mass is 32.1. The van der Waals surface area contributed by atoms with Gasteiger partial charge in [0.15, 0.2) is 0 Å². The molecule has 1 aromatic heterocycles. The Morgan fingerprint density at radius 2 is 2.50 bits per heavy atom. The van der Waals surface area contributed by atoms with Gasteiger partial charge in [0.1, 0.15) is 0 Å². The molecule has 1 heterocycles. The number of nitrogens with zero attached hydrogens (tertiary/aromatic N) is 2. The Morgan fingerprint density at radius 1 is 1.57 bits per heavy atom. The zero-order chi connectivity index (χ0) is 9.60. The Hall–Kier alpha value is -0.480. The molecule has 0 radical (unpaired) electrons. The zero-order valence-corrected chi connectivity index (χ0v) is 8.96. The molecule has 2 N–H and O–H groups in total. The quantitative estimate of drug-likeness (QED) is 0.805. The first-order valence-electron chi connectivity index (χ1n) is 5.31. The van der Waals surface area contributed by atoms with Crippen molar-refractivity contribution in [1.29, 1.82) is 0 Å². The summed E-state index contributed by atoms with van der Waals surface area (Å²) in [5.74, 6) is 1.67. The van der Waals surface area contributed by atoms with Gasteiger partial charge in [-0.05, 0) is 42.6 Å². The van der Waals surface area contributed by atoms with Gasteiger partial charge in [-0.25, -0.2) is 0 Å². The van der Waals surface area contributed by atoms with E-state index in [4.69, 9.17) is 5.73 Å². The normalized spacial score (nSPS) is 40.6. The van der Waals surface area contributed by atoms with Crippen molar-refractivity contribution in [1.82, 2.24) is 9.59 Å². The number of aromatic nitrogens is 2. The highest BCUT2D eigenvalue weighted by Gasteiger charge is 2.48. The van der Waals surface area contributed by atoms with Crippen LogP contribution in [0.3, 0.4) is 0 Å². The molecule has 2 fully saturated rings. The monoisotopic (exact) mass is 209 g/mol. The van der Waals surface area contributed by atoms with Gasteiger partial charge in [-0.3, -0.25) is 0 Å². The summed E-state index contributed by atoms with van der Waals surface area (Å²) in [6.45, 7) is 0. The second kappa shape index (κ2) is 3.00.